The topological polar surface area (TPSA) is 46.1 Å². The third-order valence-corrected chi connectivity index (χ3v) is 1.12. The Morgan fingerprint density at radius 3 is 2.73 bits per heavy atom. The minimum absolute atomic E-state index is 0.182. The molecule has 1 aromatic rings. The van der Waals surface area contributed by atoms with Gasteiger partial charge >= 0.3 is 0 Å². The van der Waals surface area contributed by atoms with Gasteiger partial charge in [0.05, 0.1) is 0 Å². The van der Waals surface area contributed by atoms with Gasteiger partial charge in [0.15, 0.2) is 5.69 Å². The number of rotatable bonds is 1. The zero-order chi connectivity index (χ0) is 8.27. The van der Waals surface area contributed by atoms with Crippen LogP contribution in [-0.4, -0.2) is 34.9 Å². The highest BCUT2D eigenvalue weighted by atomic mass is 16.2. The smallest absolute Gasteiger partial charge is 0.274 e. The standard InChI is InChI=1S/C7H8N3O/c1-10(2)7(11)6-5-8-3-4-9-6/h3-4H,1-2H3. The first-order valence-corrected chi connectivity index (χ1v) is 3.12. The van der Waals surface area contributed by atoms with Gasteiger partial charge in [-0.15, -0.1) is 0 Å². The van der Waals surface area contributed by atoms with E-state index in [1.807, 2.05) is 0 Å². The molecule has 57 valence electrons. The fraction of sp³-hybridized carbons (Fsp3) is 0.286. The summed E-state index contributed by atoms with van der Waals surface area (Å²) in [6.07, 6.45) is 5.44. The number of hydrogen-bond acceptors (Lipinski definition) is 3. The van der Waals surface area contributed by atoms with Crippen molar-refractivity contribution in [3.8, 4) is 0 Å². The normalized spacial score (nSPS) is 9.27. The predicted molar refractivity (Wildman–Crippen MR) is 38.9 cm³/mol. The van der Waals surface area contributed by atoms with E-state index in [1.54, 1.807) is 14.1 Å². The Morgan fingerprint density at radius 2 is 2.27 bits per heavy atom. The monoisotopic (exact) mass is 150 g/mol. The molecule has 0 N–H and O–H groups in total. The molecular formula is C7H8N3O. The van der Waals surface area contributed by atoms with Crippen LogP contribution in [0, 0.1) is 6.20 Å². The van der Waals surface area contributed by atoms with Gasteiger partial charge in [0, 0.05) is 26.5 Å². The summed E-state index contributed by atoms with van der Waals surface area (Å²) in [5, 5.41) is 0. The van der Waals surface area contributed by atoms with E-state index in [9.17, 15) is 4.79 Å². The fourth-order valence-electron chi connectivity index (χ4n) is 0.583. The molecule has 1 radical (unpaired) electrons. The molecule has 4 heteroatoms. The molecule has 1 amide bonds. The van der Waals surface area contributed by atoms with E-state index < -0.39 is 0 Å². The fourth-order valence-corrected chi connectivity index (χ4v) is 0.583. The Labute approximate surface area is 64.9 Å². The molecule has 0 aliphatic rings. The van der Waals surface area contributed by atoms with Crippen molar-refractivity contribution in [3.63, 3.8) is 0 Å². The molecule has 0 atom stereocenters. The molecule has 0 saturated carbocycles. The lowest BCUT2D eigenvalue weighted by atomic mass is 10.4. The van der Waals surface area contributed by atoms with Gasteiger partial charge in [0.2, 0.25) is 0 Å². The Hall–Kier alpha value is -1.45. The molecule has 0 aliphatic carbocycles. The van der Waals surface area contributed by atoms with Gasteiger partial charge in [0.25, 0.3) is 5.91 Å². The van der Waals surface area contributed by atoms with E-state index >= 15 is 0 Å². The van der Waals surface area contributed by atoms with Crippen molar-refractivity contribution < 1.29 is 4.79 Å². The molecule has 0 spiro atoms. The minimum atomic E-state index is -0.182. The van der Waals surface area contributed by atoms with E-state index in [1.165, 1.54) is 17.3 Å². The number of amides is 1. The Balaban J connectivity index is 2.86. The molecular weight excluding hydrogens is 142 g/mol. The first-order valence-electron chi connectivity index (χ1n) is 3.12. The maximum absolute atomic E-state index is 11.1. The maximum atomic E-state index is 11.1. The number of aromatic nitrogens is 2. The lowest BCUT2D eigenvalue weighted by Crippen LogP contribution is -2.22. The van der Waals surface area contributed by atoms with Crippen LogP contribution in [0.25, 0.3) is 0 Å². The molecule has 0 aliphatic heterocycles. The van der Waals surface area contributed by atoms with Crippen LogP contribution in [0.15, 0.2) is 12.4 Å². The maximum Gasteiger partial charge on any atom is 0.274 e. The summed E-state index contributed by atoms with van der Waals surface area (Å²) in [4.78, 5) is 20.0. The second-order valence-electron chi connectivity index (χ2n) is 2.22. The van der Waals surface area contributed by atoms with Gasteiger partial charge in [-0.05, 0) is 0 Å². The summed E-state index contributed by atoms with van der Waals surface area (Å²) in [7, 11) is 3.32. The van der Waals surface area contributed by atoms with Gasteiger partial charge in [0.1, 0.15) is 6.20 Å². The molecule has 1 aromatic heterocycles. The highest BCUT2D eigenvalue weighted by molar-refractivity contribution is 5.91. The van der Waals surface area contributed by atoms with Gasteiger partial charge in [-0.25, -0.2) is 4.98 Å². The average molecular weight is 150 g/mol. The Kier molecular flexibility index (Phi) is 2.15. The molecule has 0 bridgehead atoms. The number of nitrogens with zero attached hydrogens (tertiary/aromatic N) is 3. The zero-order valence-electron chi connectivity index (χ0n) is 6.40. The highest BCUT2D eigenvalue weighted by Gasteiger charge is 2.08. The number of carbonyl (C=O) groups excluding carboxylic acids is 1. The molecule has 4 nitrogen and oxygen atoms in total. The van der Waals surface area contributed by atoms with Crippen LogP contribution in [0.3, 0.4) is 0 Å². The lowest BCUT2D eigenvalue weighted by Gasteiger charge is -2.07. The van der Waals surface area contributed by atoms with E-state index in [-0.39, 0.29) is 11.6 Å². The van der Waals surface area contributed by atoms with E-state index in [0.717, 1.165) is 0 Å². The highest BCUT2D eigenvalue weighted by Crippen LogP contribution is 1.92. The zero-order valence-corrected chi connectivity index (χ0v) is 6.40. The van der Waals surface area contributed by atoms with Crippen LogP contribution < -0.4 is 0 Å². The third-order valence-electron chi connectivity index (χ3n) is 1.12. The molecule has 1 rings (SSSR count). The van der Waals surface area contributed by atoms with Crippen LogP contribution in [0.2, 0.25) is 0 Å². The predicted octanol–water partition coefficient (Wildman–Crippen LogP) is -0.0214. The van der Waals surface area contributed by atoms with E-state index in [0.29, 0.717) is 0 Å². The van der Waals surface area contributed by atoms with Crippen molar-refractivity contribution in [3.05, 3.63) is 24.3 Å². The minimum Gasteiger partial charge on any atom is -0.343 e. The van der Waals surface area contributed by atoms with E-state index in [2.05, 4.69) is 16.2 Å². The largest absolute Gasteiger partial charge is 0.343 e. The first-order chi connectivity index (χ1) is 5.22. The summed E-state index contributed by atoms with van der Waals surface area (Å²) < 4.78 is 0. The Morgan fingerprint density at radius 1 is 1.55 bits per heavy atom. The number of hydrogen-bond donors (Lipinski definition) is 0. The molecule has 0 saturated heterocycles. The van der Waals surface area contributed by atoms with Crippen LogP contribution in [0.1, 0.15) is 10.5 Å². The summed E-state index contributed by atoms with van der Waals surface area (Å²) >= 11 is 0. The summed E-state index contributed by atoms with van der Waals surface area (Å²) in [5.74, 6) is -0.182. The van der Waals surface area contributed by atoms with Crippen LogP contribution >= 0.6 is 0 Å². The lowest BCUT2D eigenvalue weighted by molar-refractivity contribution is 0.0821. The summed E-state index contributed by atoms with van der Waals surface area (Å²) in [6, 6.07) is 0. The third kappa shape index (κ3) is 1.73. The summed E-state index contributed by atoms with van der Waals surface area (Å²) in [6.45, 7) is 0. The van der Waals surface area contributed by atoms with Gasteiger partial charge in [-0.1, -0.05) is 0 Å². The van der Waals surface area contributed by atoms with E-state index in [4.69, 9.17) is 0 Å². The summed E-state index contributed by atoms with van der Waals surface area (Å²) in [5.41, 5.74) is 0.248. The second kappa shape index (κ2) is 3.09. The van der Waals surface area contributed by atoms with Crippen molar-refractivity contribution in [2.45, 2.75) is 0 Å². The quantitative estimate of drug-likeness (QED) is 0.565. The van der Waals surface area contributed by atoms with Crippen molar-refractivity contribution in [1.29, 1.82) is 0 Å². The second-order valence-corrected chi connectivity index (χ2v) is 2.22. The molecule has 11 heavy (non-hydrogen) atoms. The van der Waals surface area contributed by atoms with Gasteiger partial charge in [-0.2, -0.15) is 0 Å². The van der Waals surface area contributed by atoms with Crippen molar-refractivity contribution in [2.24, 2.45) is 0 Å². The van der Waals surface area contributed by atoms with Crippen LogP contribution in [0.4, 0.5) is 0 Å². The average Bonchev–Trinajstić information content (AvgIpc) is 2.05. The molecule has 0 fully saturated rings. The molecule has 1 heterocycles. The van der Waals surface area contributed by atoms with Gasteiger partial charge < -0.3 is 4.90 Å². The van der Waals surface area contributed by atoms with Crippen LogP contribution in [-0.2, 0) is 0 Å². The first kappa shape index (κ1) is 7.65. The van der Waals surface area contributed by atoms with Crippen LogP contribution in [0.5, 0.6) is 0 Å². The molecule has 0 unspecified atom stereocenters. The Bertz CT molecular complexity index is 245. The molecule has 0 aromatic carbocycles. The van der Waals surface area contributed by atoms with Crippen molar-refractivity contribution >= 4 is 5.91 Å². The van der Waals surface area contributed by atoms with Crippen molar-refractivity contribution in [2.75, 3.05) is 14.1 Å². The number of carbonyl (C=O) groups is 1. The SMILES string of the molecule is CN(C)C(=O)c1[c]nccn1. The van der Waals surface area contributed by atoms with Gasteiger partial charge in [-0.3, -0.25) is 9.78 Å². The van der Waals surface area contributed by atoms with Crippen molar-refractivity contribution in [1.82, 2.24) is 14.9 Å².